The molecule has 0 aliphatic heterocycles. The Kier molecular flexibility index (Phi) is 4.92. The molecule has 4 N–H and O–H groups in total. The van der Waals surface area contributed by atoms with Gasteiger partial charge in [-0.15, -0.1) is 0 Å². The van der Waals surface area contributed by atoms with Crippen molar-refractivity contribution in [1.29, 1.82) is 0 Å². The second-order valence-corrected chi connectivity index (χ2v) is 3.81. The lowest BCUT2D eigenvalue weighted by Gasteiger charge is -2.05. The molecular formula is C9H14N4OS. The Morgan fingerprint density at radius 2 is 2.47 bits per heavy atom. The summed E-state index contributed by atoms with van der Waals surface area (Å²) in [5, 5.41) is 2.80. The van der Waals surface area contributed by atoms with Crippen molar-refractivity contribution < 1.29 is 4.79 Å². The first-order valence-electron chi connectivity index (χ1n) is 4.47. The summed E-state index contributed by atoms with van der Waals surface area (Å²) in [6.07, 6.45) is 3.54. The third-order valence-corrected chi connectivity index (χ3v) is 2.37. The number of nitrogens with zero attached hydrogens (tertiary/aromatic N) is 1. The van der Waals surface area contributed by atoms with Crippen LogP contribution >= 0.6 is 11.8 Å². The number of rotatable bonds is 5. The number of carbonyl (C=O) groups excluding carboxylic acids is 1. The smallest absolute Gasteiger partial charge is 0.251 e. The summed E-state index contributed by atoms with van der Waals surface area (Å²) >= 11 is 1.69. The summed E-state index contributed by atoms with van der Waals surface area (Å²) in [6.45, 7) is 0.660. The molecule has 5 nitrogen and oxygen atoms in total. The topological polar surface area (TPSA) is 80.0 Å². The lowest BCUT2D eigenvalue weighted by molar-refractivity contribution is 0.0956. The summed E-state index contributed by atoms with van der Waals surface area (Å²) < 4.78 is 0. The number of hydrazine groups is 1. The molecule has 0 bridgehead atoms. The zero-order chi connectivity index (χ0) is 11.1. The van der Waals surface area contributed by atoms with Crippen molar-refractivity contribution in [2.24, 2.45) is 5.84 Å². The van der Waals surface area contributed by atoms with Crippen LogP contribution in [0.2, 0.25) is 0 Å². The predicted octanol–water partition coefficient (Wildman–Crippen LogP) is 0.460. The van der Waals surface area contributed by atoms with Crippen molar-refractivity contribution in [2.75, 3.05) is 24.0 Å². The lowest BCUT2D eigenvalue weighted by atomic mass is 10.2. The average Bonchev–Trinajstić information content (AvgIpc) is 2.29. The minimum atomic E-state index is -0.108. The van der Waals surface area contributed by atoms with Crippen molar-refractivity contribution in [3.05, 3.63) is 23.9 Å². The van der Waals surface area contributed by atoms with Crippen molar-refractivity contribution in [1.82, 2.24) is 10.3 Å². The molecule has 0 atom stereocenters. The molecule has 0 radical (unpaired) electrons. The molecule has 0 aliphatic rings. The van der Waals surface area contributed by atoms with E-state index >= 15 is 0 Å². The molecule has 0 fully saturated rings. The quantitative estimate of drug-likeness (QED) is 0.386. The second-order valence-electron chi connectivity index (χ2n) is 2.82. The summed E-state index contributed by atoms with van der Waals surface area (Å²) in [4.78, 5) is 15.5. The standard InChI is InChI=1S/C9H14N4OS/c1-15-5-4-12-9(14)7-2-3-11-8(6-7)13-10/h2-3,6H,4-5,10H2,1H3,(H,11,13)(H,12,14). The molecule has 0 unspecified atom stereocenters. The molecule has 1 amide bonds. The average molecular weight is 226 g/mol. The Balaban J connectivity index is 2.57. The fourth-order valence-corrected chi connectivity index (χ4v) is 1.33. The van der Waals surface area contributed by atoms with Gasteiger partial charge in [-0.05, 0) is 18.4 Å². The van der Waals surface area contributed by atoms with Crippen molar-refractivity contribution in [2.45, 2.75) is 0 Å². The van der Waals surface area contributed by atoms with Crippen LogP contribution in [0, 0.1) is 0 Å². The van der Waals surface area contributed by atoms with Gasteiger partial charge in [0.1, 0.15) is 5.82 Å². The van der Waals surface area contributed by atoms with Gasteiger partial charge in [0.2, 0.25) is 0 Å². The normalized spacial score (nSPS) is 9.73. The molecule has 1 aromatic rings. The second kappa shape index (κ2) is 6.26. The van der Waals surface area contributed by atoms with Crippen molar-refractivity contribution in [3.63, 3.8) is 0 Å². The molecule has 6 heteroatoms. The number of hydrogen-bond donors (Lipinski definition) is 3. The Morgan fingerprint density at radius 3 is 3.13 bits per heavy atom. The number of anilines is 1. The van der Waals surface area contributed by atoms with E-state index in [2.05, 4.69) is 15.7 Å². The number of thioether (sulfide) groups is 1. The van der Waals surface area contributed by atoms with Gasteiger partial charge in [0.05, 0.1) is 0 Å². The third-order valence-electron chi connectivity index (χ3n) is 1.76. The van der Waals surface area contributed by atoms with E-state index in [9.17, 15) is 4.79 Å². The highest BCUT2D eigenvalue weighted by Crippen LogP contribution is 2.04. The van der Waals surface area contributed by atoms with E-state index < -0.39 is 0 Å². The van der Waals surface area contributed by atoms with Gasteiger partial charge >= 0.3 is 0 Å². The SMILES string of the molecule is CSCCNC(=O)c1ccnc(NN)c1. The Labute approximate surface area is 92.8 Å². The van der Waals surface area contributed by atoms with Crippen LogP contribution in [0.25, 0.3) is 0 Å². The molecule has 1 aromatic heterocycles. The Bertz CT molecular complexity index is 332. The Hall–Kier alpha value is -1.27. The molecule has 0 saturated carbocycles. The largest absolute Gasteiger partial charge is 0.351 e. The first kappa shape index (κ1) is 11.8. The first-order chi connectivity index (χ1) is 7.27. The fourth-order valence-electron chi connectivity index (χ4n) is 1.02. The molecule has 0 saturated heterocycles. The zero-order valence-electron chi connectivity index (χ0n) is 8.49. The van der Waals surface area contributed by atoms with E-state index in [0.29, 0.717) is 17.9 Å². The van der Waals surface area contributed by atoms with Crippen LogP contribution < -0.4 is 16.6 Å². The molecule has 1 heterocycles. The fraction of sp³-hybridized carbons (Fsp3) is 0.333. The molecule has 0 spiro atoms. The maximum Gasteiger partial charge on any atom is 0.251 e. The van der Waals surface area contributed by atoms with Crippen LogP contribution in [0.5, 0.6) is 0 Å². The van der Waals surface area contributed by atoms with E-state index in [1.807, 2.05) is 6.26 Å². The highest BCUT2D eigenvalue weighted by Gasteiger charge is 2.05. The van der Waals surface area contributed by atoms with Crippen molar-refractivity contribution in [3.8, 4) is 0 Å². The van der Waals surface area contributed by atoms with E-state index in [1.165, 1.54) is 0 Å². The molecule has 15 heavy (non-hydrogen) atoms. The number of amides is 1. The lowest BCUT2D eigenvalue weighted by Crippen LogP contribution is -2.25. The number of aromatic nitrogens is 1. The maximum atomic E-state index is 11.6. The first-order valence-corrected chi connectivity index (χ1v) is 5.87. The van der Waals surface area contributed by atoms with Crippen LogP contribution in [-0.2, 0) is 0 Å². The van der Waals surface area contributed by atoms with Gasteiger partial charge in [0, 0.05) is 24.1 Å². The maximum absolute atomic E-state index is 11.6. The number of hydrogen-bond acceptors (Lipinski definition) is 5. The molecule has 0 aliphatic carbocycles. The number of carbonyl (C=O) groups is 1. The van der Waals surface area contributed by atoms with E-state index in [1.54, 1.807) is 30.1 Å². The number of nitrogen functional groups attached to an aromatic ring is 1. The van der Waals surface area contributed by atoms with Crippen LogP contribution in [0.4, 0.5) is 5.82 Å². The van der Waals surface area contributed by atoms with Gasteiger partial charge in [-0.2, -0.15) is 11.8 Å². The number of pyridine rings is 1. The number of nitrogens with two attached hydrogens (primary N) is 1. The van der Waals surface area contributed by atoms with E-state index in [4.69, 9.17) is 5.84 Å². The number of nitrogens with one attached hydrogen (secondary N) is 2. The van der Waals surface area contributed by atoms with Gasteiger partial charge in [0.25, 0.3) is 5.91 Å². The van der Waals surface area contributed by atoms with Crippen LogP contribution in [-0.4, -0.2) is 29.4 Å². The van der Waals surface area contributed by atoms with Gasteiger partial charge in [-0.1, -0.05) is 0 Å². The van der Waals surface area contributed by atoms with Crippen molar-refractivity contribution >= 4 is 23.5 Å². The van der Waals surface area contributed by atoms with Gasteiger partial charge in [-0.3, -0.25) is 4.79 Å². The third kappa shape index (κ3) is 3.77. The molecule has 1 rings (SSSR count). The van der Waals surface area contributed by atoms with Crippen LogP contribution in [0.3, 0.4) is 0 Å². The predicted molar refractivity (Wildman–Crippen MR) is 62.8 cm³/mol. The highest BCUT2D eigenvalue weighted by atomic mass is 32.2. The van der Waals surface area contributed by atoms with Crippen LogP contribution in [0.15, 0.2) is 18.3 Å². The highest BCUT2D eigenvalue weighted by molar-refractivity contribution is 7.98. The summed E-state index contributed by atoms with van der Waals surface area (Å²) in [5.74, 6) is 6.47. The molecule has 82 valence electrons. The minimum Gasteiger partial charge on any atom is -0.351 e. The van der Waals surface area contributed by atoms with Gasteiger partial charge in [-0.25, -0.2) is 10.8 Å². The Morgan fingerprint density at radius 1 is 1.67 bits per heavy atom. The summed E-state index contributed by atoms with van der Waals surface area (Å²) in [7, 11) is 0. The summed E-state index contributed by atoms with van der Waals surface area (Å²) in [5.41, 5.74) is 2.95. The zero-order valence-corrected chi connectivity index (χ0v) is 9.30. The monoisotopic (exact) mass is 226 g/mol. The van der Waals surface area contributed by atoms with Crippen LogP contribution in [0.1, 0.15) is 10.4 Å². The van der Waals surface area contributed by atoms with Gasteiger partial charge < -0.3 is 10.7 Å². The molecular weight excluding hydrogens is 212 g/mol. The molecule has 0 aromatic carbocycles. The minimum absolute atomic E-state index is 0.108. The summed E-state index contributed by atoms with van der Waals surface area (Å²) in [6, 6.07) is 3.25. The van der Waals surface area contributed by atoms with E-state index in [0.717, 1.165) is 5.75 Å². The van der Waals surface area contributed by atoms with E-state index in [-0.39, 0.29) is 5.91 Å². The van der Waals surface area contributed by atoms with Gasteiger partial charge in [0.15, 0.2) is 0 Å².